The van der Waals surface area contributed by atoms with Crippen LogP contribution >= 0.6 is 12.4 Å². The first-order chi connectivity index (χ1) is 13.4. The number of nitrogens with zero attached hydrogens (tertiary/aromatic N) is 3. The molecule has 0 amide bonds. The molecule has 2 aromatic rings. The molecule has 1 fully saturated rings. The van der Waals surface area contributed by atoms with Crippen LogP contribution in [0.3, 0.4) is 0 Å². The van der Waals surface area contributed by atoms with Crippen LogP contribution in [0.1, 0.15) is 24.4 Å². The lowest BCUT2D eigenvalue weighted by atomic mass is 10.1. The fourth-order valence-corrected chi connectivity index (χ4v) is 3.32. The lowest BCUT2D eigenvalue weighted by Gasteiger charge is -2.35. The quantitative estimate of drug-likeness (QED) is 0.724. The van der Waals surface area contributed by atoms with Crippen molar-refractivity contribution in [3.63, 3.8) is 0 Å². The molecule has 2 heterocycles. The topological polar surface area (TPSA) is 51.5 Å². The fraction of sp³-hybridized carbons (Fsp3) is 0.526. The number of aromatic nitrogens is 2. The van der Waals surface area contributed by atoms with Gasteiger partial charge in [0.15, 0.2) is 18.1 Å². The lowest BCUT2D eigenvalue weighted by Crippen LogP contribution is -2.46. The van der Waals surface area contributed by atoms with Crippen LogP contribution in [-0.4, -0.2) is 53.5 Å². The van der Waals surface area contributed by atoms with Gasteiger partial charge in [0.2, 0.25) is 0 Å². The molecule has 1 N–H and O–H groups in total. The molecule has 1 aliphatic heterocycles. The van der Waals surface area contributed by atoms with Gasteiger partial charge < -0.3 is 19.4 Å². The fourth-order valence-electron chi connectivity index (χ4n) is 3.32. The normalized spacial score (nSPS) is 17.6. The summed E-state index contributed by atoms with van der Waals surface area (Å²) in [6.45, 7) is 3.92. The van der Waals surface area contributed by atoms with Gasteiger partial charge in [0.1, 0.15) is 5.82 Å². The molecule has 1 aliphatic rings. The van der Waals surface area contributed by atoms with E-state index in [-0.39, 0.29) is 24.2 Å². The van der Waals surface area contributed by atoms with Crippen molar-refractivity contribution >= 4 is 12.4 Å². The molecule has 0 bridgehead atoms. The number of benzene rings is 1. The molecule has 6 nitrogen and oxygen atoms in total. The third-order valence-corrected chi connectivity index (χ3v) is 4.60. The lowest BCUT2D eigenvalue weighted by molar-refractivity contribution is -0.153. The van der Waals surface area contributed by atoms with E-state index in [9.17, 15) is 13.2 Å². The Morgan fingerprint density at radius 2 is 2.03 bits per heavy atom. The second-order valence-electron chi connectivity index (χ2n) is 6.70. The van der Waals surface area contributed by atoms with E-state index in [0.717, 1.165) is 31.0 Å². The van der Waals surface area contributed by atoms with Gasteiger partial charge >= 0.3 is 6.18 Å². The summed E-state index contributed by atoms with van der Waals surface area (Å²) >= 11 is 0. The minimum atomic E-state index is -4.39. The van der Waals surface area contributed by atoms with Crippen molar-refractivity contribution in [2.24, 2.45) is 7.05 Å². The smallest absolute Gasteiger partial charge is 0.422 e. The molecule has 1 unspecified atom stereocenters. The summed E-state index contributed by atoms with van der Waals surface area (Å²) in [6.07, 6.45) is -0.692. The van der Waals surface area contributed by atoms with Crippen molar-refractivity contribution in [3.05, 3.63) is 42.0 Å². The van der Waals surface area contributed by atoms with Gasteiger partial charge in [0, 0.05) is 45.6 Å². The number of ether oxygens (including phenoxy) is 2. The maximum atomic E-state index is 12.5. The zero-order valence-corrected chi connectivity index (χ0v) is 17.2. The highest BCUT2D eigenvalue weighted by Crippen LogP contribution is 2.32. The van der Waals surface area contributed by atoms with Gasteiger partial charge in [-0.2, -0.15) is 13.2 Å². The Bertz CT molecular complexity index is 785. The molecule has 162 valence electrons. The van der Waals surface area contributed by atoms with Crippen LogP contribution in [0.4, 0.5) is 13.2 Å². The molecule has 3 rings (SSSR count). The maximum Gasteiger partial charge on any atom is 0.422 e. The number of hydrogen-bond acceptors (Lipinski definition) is 5. The van der Waals surface area contributed by atoms with E-state index < -0.39 is 12.8 Å². The highest BCUT2D eigenvalue weighted by molar-refractivity contribution is 5.85. The van der Waals surface area contributed by atoms with Gasteiger partial charge in [-0.25, -0.2) is 4.98 Å². The molecule has 1 aromatic heterocycles. The molecule has 10 heteroatoms. The second kappa shape index (κ2) is 10.2. The Kier molecular flexibility index (Phi) is 8.18. The summed E-state index contributed by atoms with van der Waals surface area (Å²) in [5, 5.41) is 3.39. The minimum absolute atomic E-state index is 0. The monoisotopic (exact) mass is 434 g/mol. The summed E-state index contributed by atoms with van der Waals surface area (Å²) < 4.78 is 49.8. The summed E-state index contributed by atoms with van der Waals surface area (Å²) in [7, 11) is 1.97. The van der Waals surface area contributed by atoms with Crippen LogP contribution in [-0.2, 0) is 13.6 Å². The first-order valence-electron chi connectivity index (χ1n) is 9.24. The molecule has 1 atom stereocenters. The number of hydrogen-bond donors (Lipinski definition) is 1. The van der Waals surface area contributed by atoms with Crippen LogP contribution in [0, 0.1) is 0 Å². The molecular formula is C19H26ClF3N4O2. The number of aryl methyl sites for hydroxylation is 1. The summed E-state index contributed by atoms with van der Waals surface area (Å²) in [6, 6.07) is 5.20. The van der Waals surface area contributed by atoms with Crippen molar-refractivity contribution in [2.45, 2.75) is 25.7 Å². The zero-order valence-electron chi connectivity index (χ0n) is 16.4. The highest BCUT2D eigenvalue weighted by Gasteiger charge is 2.29. The van der Waals surface area contributed by atoms with Crippen LogP contribution < -0.4 is 14.8 Å². The van der Waals surface area contributed by atoms with Gasteiger partial charge in [-0.3, -0.25) is 4.90 Å². The highest BCUT2D eigenvalue weighted by atomic mass is 35.5. The summed E-state index contributed by atoms with van der Waals surface area (Å²) in [5.74, 6) is 1.40. The third-order valence-electron chi connectivity index (χ3n) is 4.60. The van der Waals surface area contributed by atoms with Crippen LogP contribution in [0.15, 0.2) is 30.6 Å². The predicted octanol–water partition coefficient (Wildman–Crippen LogP) is 3.33. The standard InChI is InChI=1S/C19H25F3N4O2.ClH/c1-3-27-17-10-14(4-5-16(17)28-13-19(20,21)22)12-26-9-6-23-11-15(26)18-24-7-8-25(18)2;/h4-5,7-8,10,15,23H,3,6,9,11-13H2,1-2H3;1H. The number of nitrogens with one attached hydrogen (secondary N) is 1. The molecule has 1 saturated heterocycles. The molecule has 0 radical (unpaired) electrons. The van der Waals surface area contributed by atoms with Crippen LogP contribution in [0.5, 0.6) is 11.5 Å². The van der Waals surface area contributed by atoms with Gasteiger partial charge in [-0.1, -0.05) is 6.07 Å². The molecule has 0 saturated carbocycles. The van der Waals surface area contributed by atoms with Gasteiger partial charge in [0.25, 0.3) is 0 Å². The number of piperazine rings is 1. The predicted molar refractivity (Wildman–Crippen MR) is 106 cm³/mol. The van der Waals surface area contributed by atoms with Crippen LogP contribution in [0.25, 0.3) is 0 Å². The maximum absolute atomic E-state index is 12.5. The van der Waals surface area contributed by atoms with Crippen molar-refractivity contribution in [1.29, 1.82) is 0 Å². The Hall–Kier alpha value is -1.97. The summed E-state index contributed by atoms with van der Waals surface area (Å²) in [4.78, 5) is 6.78. The van der Waals surface area contributed by atoms with Crippen molar-refractivity contribution in [3.8, 4) is 11.5 Å². The Morgan fingerprint density at radius 3 is 2.69 bits per heavy atom. The van der Waals surface area contributed by atoms with E-state index in [1.807, 2.05) is 17.8 Å². The second-order valence-corrected chi connectivity index (χ2v) is 6.70. The van der Waals surface area contributed by atoms with Gasteiger partial charge in [0.05, 0.1) is 12.6 Å². The van der Waals surface area contributed by atoms with Gasteiger partial charge in [-0.05, 0) is 24.6 Å². The number of imidazole rings is 1. The van der Waals surface area contributed by atoms with E-state index >= 15 is 0 Å². The third kappa shape index (κ3) is 6.25. The molecule has 0 aliphatic carbocycles. The molecule has 29 heavy (non-hydrogen) atoms. The number of halogens is 4. The van der Waals surface area contributed by atoms with E-state index in [2.05, 4.69) is 15.2 Å². The number of rotatable bonds is 7. The average molecular weight is 435 g/mol. The number of alkyl halides is 3. The Morgan fingerprint density at radius 1 is 1.24 bits per heavy atom. The Labute approximate surface area is 174 Å². The van der Waals surface area contributed by atoms with E-state index in [4.69, 9.17) is 9.47 Å². The first-order valence-corrected chi connectivity index (χ1v) is 9.24. The SMILES string of the molecule is CCOc1cc(CN2CCNCC2c2nccn2C)ccc1OCC(F)(F)F.Cl. The van der Waals surface area contributed by atoms with Gasteiger partial charge in [-0.15, -0.1) is 12.4 Å². The Balaban J connectivity index is 0.00000300. The minimum Gasteiger partial charge on any atom is -0.490 e. The average Bonchev–Trinajstić information content (AvgIpc) is 3.07. The van der Waals surface area contributed by atoms with E-state index in [0.29, 0.717) is 18.9 Å². The molecular weight excluding hydrogens is 409 g/mol. The van der Waals surface area contributed by atoms with E-state index in [1.54, 1.807) is 31.3 Å². The van der Waals surface area contributed by atoms with Crippen molar-refractivity contribution < 1.29 is 22.6 Å². The van der Waals surface area contributed by atoms with E-state index in [1.165, 1.54) is 0 Å². The van der Waals surface area contributed by atoms with Crippen molar-refractivity contribution in [2.75, 3.05) is 32.8 Å². The summed E-state index contributed by atoms with van der Waals surface area (Å²) in [5.41, 5.74) is 0.948. The first kappa shape index (κ1) is 23.3. The van der Waals surface area contributed by atoms with Crippen molar-refractivity contribution in [1.82, 2.24) is 19.8 Å². The molecule has 0 spiro atoms. The largest absolute Gasteiger partial charge is 0.490 e. The zero-order chi connectivity index (χ0) is 20.1. The van der Waals surface area contributed by atoms with Crippen LogP contribution in [0.2, 0.25) is 0 Å². The molecule has 1 aromatic carbocycles.